The normalized spacial score (nSPS) is 16.5. The van der Waals surface area contributed by atoms with Crippen LogP contribution in [0.15, 0.2) is 47.1 Å². The van der Waals surface area contributed by atoms with E-state index >= 15 is 0 Å². The molecule has 3 rings (SSSR count). The Morgan fingerprint density at radius 1 is 1.16 bits per heavy atom. The zero-order chi connectivity index (χ0) is 17.8. The van der Waals surface area contributed by atoms with Gasteiger partial charge in [-0.25, -0.2) is 0 Å². The highest BCUT2D eigenvalue weighted by atomic mass is 35.5. The van der Waals surface area contributed by atoms with Crippen molar-refractivity contribution in [2.45, 2.75) is 13.0 Å². The third-order valence-electron chi connectivity index (χ3n) is 4.35. The summed E-state index contributed by atoms with van der Waals surface area (Å²) in [5, 5.41) is 3.45. The smallest absolute Gasteiger partial charge is 0.289 e. The van der Waals surface area contributed by atoms with E-state index in [0.29, 0.717) is 42.6 Å². The van der Waals surface area contributed by atoms with Crippen molar-refractivity contribution in [3.05, 3.63) is 53.4 Å². The lowest BCUT2D eigenvalue weighted by Gasteiger charge is -2.37. The van der Waals surface area contributed by atoms with Crippen molar-refractivity contribution in [3.8, 4) is 0 Å². The molecule has 2 aromatic rings. The van der Waals surface area contributed by atoms with Gasteiger partial charge >= 0.3 is 0 Å². The first kappa shape index (κ1) is 17.5. The first-order valence-electron chi connectivity index (χ1n) is 8.18. The van der Waals surface area contributed by atoms with Crippen molar-refractivity contribution in [2.75, 3.05) is 31.5 Å². The van der Waals surface area contributed by atoms with Crippen molar-refractivity contribution < 1.29 is 14.0 Å². The van der Waals surface area contributed by atoms with Gasteiger partial charge in [-0.2, -0.15) is 0 Å². The van der Waals surface area contributed by atoms with E-state index in [0.717, 1.165) is 0 Å². The molecule has 0 unspecified atom stereocenters. The molecule has 0 bridgehead atoms. The Balaban J connectivity index is 1.53. The summed E-state index contributed by atoms with van der Waals surface area (Å²) >= 11 is 5.94. The minimum Gasteiger partial charge on any atom is -0.459 e. The molecule has 1 saturated heterocycles. The second-order valence-electron chi connectivity index (χ2n) is 5.98. The number of piperazine rings is 1. The Bertz CT molecular complexity index is 740. The molecule has 1 aromatic heterocycles. The summed E-state index contributed by atoms with van der Waals surface area (Å²) in [6, 6.07) is 10.1. The van der Waals surface area contributed by atoms with Crippen molar-refractivity contribution in [1.82, 2.24) is 9.80 Å². The lowest BCUT2D eigenvalue weighted by molar-refractivity contribution is -0.121. The number of benzene rings is 1. The van der Waals surface area contributed by atoms with E-state index in [2.05, 4.69) is 10.2 Å². The lowest BCUT2D eigenvalue weighted by Crippen LogP contribution is -2.54. The summed E-state index contributed by atoms with van der Waals surface area (Å²) in [4.78, 5) is 28.5. The Kier molecular flexibility index (Phi) is 5.40. The van der Waals surface area contributed by atoms with Gasteiger partial charge in [-0.3, -0.25) is 14.5 Å². The van der Waals surface area contributed by atoms with Crippen LogP contribution >= 0.6 is 11.6 Å². The van der Waals surface area contributed by atoms with Gasteiger partial charge in [-0.15, -0.1) is 0 Å². The maximum absolute atomic E-state index is 12.4. The molecule has 2 amide bonds. The van der Waals surface area contributed by atoms with Gasteiger partial charge < -0.3 is 14.6 Å². The van der Waals surface area contributed by atoms with Gasteiger partial charge in [0.15, 0.2) is 5.76 Å². The molecule has 132 valence electrons. The Labute approximate surface area is 151 Å². The van der Waals surface area contributed by atoms with Crippen molar-refractivity contribution >= 4 is 29.1 Å². The second kappa shape index (κ2) is 7.72. The van der Waals surface area contributed by atoms with E-state index in [1.165, 1.54) is 6.26 Å². The number of hydrogen-bond acceptors (Lipinski definition) is 4. The highest BCUT2D eigenvalue weighted by Gasteiger charge is 2.28. The minimum absolute atomic E-state index is 0.0897. The highest BCUT2D eigenvalue weighted by Crippen LogP contribution is 2.16. The maximum atomic E-state index is 12.4. The van der Waals surface area contributed by atoms with E-state index in [9.17, 15) is 9.59 Å². The topological polar surface area (TPSA) is 65.8 Å². The molecule has 1 aromatic carbocycles. The fourth-order valence-corrected chi connectivity index (χ4v) is 3.04. The van der Waals surface area contributed by atoms with E-state index in [1.54, 1.807) is 41.3 Å². The number of halogens is 1. The molecule has 0 saturated carbocycles. The largest absolute Gasteiger partial charge is 0.459 e. The van der Waals surface area contributed by atoms with Gasteiger partial charge in [0, 0.05) is 36.9 Å². The molecule has 0 spiro atoms. The molecular weight excluding hydrogens is 342 g/mol. The van der Waals surface area contributed by atoms with Crippen LogP contribution in [-0.4, -0.2) is 53.8 Å². The summed E-state index contributed by atoms with van der Waals surface area (Å²) in [7, 11) is 0. The number of rotatable bonds is 4. The SMILES string of the molecule is C[C@H](C(=O)Nc1cccc(Cl)c1)N1CCN(C(=O)c2ccco2)CC1. The molecule has 7 heteroatoms. The second-order valence-corrected chi connectivity index (χ2v) is 6.42. The molecule has 6 nitrogen and oxygen atoms in total. The fourth-order valence-electron chi connectivity index (χ4n) is 2.85. The zero-order valence-electron chi connectivity index (χ0n) is 13.9. The number of carbonyl (C=O) groups excluding carboxylic acids is 2. The Morgan fingerprint density at radius 3 is 2.56 bits per heavy atom. The van der Waals surface area contributed by atoms with Gasteiger partial charge in [0.05, 0.1) is 12.3 Å². The van der Waals surface area contributed by atoms with Crippen LogP contribution in [0.3, 0.4) is 0 Å². The summed E-state index contributed by atoms with van der Waals surface area (Å²) in [5.41, 5.74) is 0.677. The van der Waals surface area contributed by atoms with E-state index in [4.69, 9.17) is 16.0 Å². The first-order chi connectivity index (χ1) is 12.0. The van der Waals surface area contributed by atoms with Crippen molar-refractivity contribution in [1.29, 1.82) is 0 Å². The molecular formula is C18H20ClN3O3. The summed E-state index contributed by atoms with van der Waals surface area (Å²) < 4.78 is 5.16. The summed E-state index contributed by atoms with van der Waals surface area (Å²) in [6.45, 7) is 4.26. The molecule has 0 radical (unpaired) electrons. The first-order valence-corrected chi connectivity index (χ1v) is 8.55. The monoisotopic (exact) mass is 361 g/mol. The molecule has 2 heterocycles. The molecule has 25 heavy (non-hydrogen) atoms. The van der Waals surface area contributed by atoms with E-state index < -0.39 is 0 Å². The van der Waals surface area contributed by atoms with Gasteiger partial charge in [0.2, 0.25) is 5.91 Å². The lowest BCUT2D eigenvalue weighted by atomic mass is 10.2. The van der Waals surface area contributed by atoms with Gasteiger partial charge in [-0.1, -0.05) is 17.7 Å². The van der Waals surface area contributed by atoms with Gasteiger partial charge in [0.25, 0.3) is 5.91 Å². The predicted molar refractivity (Wildman–Crippen MR) is 95.7 cm³/mol. The van der Waals surface area contributed by atoms with Crippen LogP contribution in [0.1, 0.15) is 17.5 Å². The van der Waals surface area contributed by atoms with Crippen LogP contribution in [0.2, 0.25) is 5.02 Å². The number of hydrogen-bond donors (Lipinski definition) is 1. The fraction of sp³-hybridized carbons (Fsp3) is 0.333. The van der Waals surface area contributed by atoms with Crippen LogP contribution in [0, 0.1) is 0 Å². The van der Waals surface area contributed by atoms with Crippen LogP contribution in [0.25, 0.3) is 0 Å². The average molecular weight is 362 g/mol. The molecule has 1 fully saturated rings. The molecule has 1 N–H and O–H groups in total. The average Bonchev–Trinajstić information content (AvgIpc) is 3.15. The van der Waals surface area contributed by atoms with Crippen LogP contribution < -0.4 is 5.32 Å². The van der Waals surface area contributed by atoms with Crippen molar-refractivity contribution in [3.63, 3.8) is 0 Å². The Morgan fingerprint density at radius 2 is 1.92 bits per heavy atom. The predicted octanol–water partition coefficient (Wildman–Crippen LogP) is 2.72. The number of carbonyl (C=O) groups is 2. The maximum Gasteiger partial charge on any atom is 0.289 e. The summed E-state index contributed by atoms with van der Waals surface area (Å²) in [5.74, 6) is 0.147. The van der Waals surface area contributed by atoms with Crippen LogP contribution in [0.4, 0.5) is 5.69 Å². The number of amides is 2. The third kappa shape index (κ3) is 4.21. The van der Waals surface area contributed by atoms with Gasteiger partial charge in [0.1, 0.15) is 0 Å². The molecule has 0 aliphatic carbocycles. The minimum atomic E-state index is -0.292. The van der Waals surface area contributed by atoms with Crippen LogP contribution in [-0.2, 0) is 4.79 Å². The number of anilines is 1. The van der Waals surface area contributed by atoms with E-state index in [1.807, 2.05) is 6.92 Å². The standard InChI is InChI=1S/C18H20ClN3O3/c1-13(17(23)20-15-5-2-4-14(19)12-15)21-7-9-22(10-8-21)18(24)16-6-3-11-25-16/h2-6,11-13H,7-10H2,1H3,(H,20,23)/t13-/m1/s1. The van der Waals surface area contributed by atoms with Crippen LogP contribution in [0.5, 0.6) is 0 Å². The molecule has 1 aliphatic heterocycles. The quantitative estimate of drug-likeness (QED) is 0.909. The number of nitrogens with one attached hydrogen (secondary N) is 1. The van der Waals surface area contributed by atoms with Gasteiger partial charge in [-0.05, 0) is 37.3 Å². The number of furan rings is 1. The third-order valence-corrected chi connectivity index (χ3v) is 4.59. The highest BCUT2D eigenvalue weighted by molar-refractivity contribution is 6.30. The zero-order valence-corrected chi connectivity index (χ0v) is 14.7. The van der Waals surface area contributed by atoms with E-state index in [-0.39, 0.29) is 17.9 Å². The number of nitrogens with zero attached hydrogens (tertiary/aromatic N) is 2. The summed E-state index contributed by atoms with van der Waals surface area (Å²) in [6.07, 6.45) is 1.49. The molecule has 1 aliphatic rings. The molecule has 1 atom stereocenters. The van der Waals surface area contributed by atoms with Crippen molar-refractivity contribution in [2.24, 2.45) is 0 Å². The Hall–Kier alpha value is -2.31.